The zero-order valence-electron chi connectivity index (χ0n) is 14.8. The van der Waals surface area contributed by atoms with Crippen molar-refractivity contribution in [2.45, 2.75) is 26.8 Å². The number of aromatic amines is 1. The zero-order chi connectivity index (χ0) is 17.8. The molecule has 0 aliphatic carbocycles. The van der Waals surface area contributed by atoms with Crippen LogP contribution in [0, 0.1) is 5.92 Å². The summed E-state index contributed by atoms with van der Waals surface area (Å²) in [4.78, 5) is 20.9. The summed E-state index contributed by atoms with van der Waals surface area (Å²) in [6.07, 6.45) is 1.10. The predicted molar refractivity (Wildman–Crippen MR) is 103 cm³/mol. The van der Waals surface area contributed by atoms with Gasteiger partial charge >= 0.3 is 0 Å². The van der Waals surface area contributed by atoms with Gasteiger partial charge in [0.2, 0.25) is 0 Å². The number of ether oxygens (including phenoxy) is 1. The lowest BCUT2D eigenvalue weighted by Gasteiger charge is -2.07. The molecule has 0 unspecified atom stereocenters. The summed E-state index contributed by atoms with van der Waals surface area (Å²) < 4.78 is 5.28. The molecular formula is C19H23N3O2S. The lowest BCUT2D eigenvalue weighted by Crippen LogP contribution is -2.21. The average molecular weight is 357 g/mol. The number of H-pyrrole nitrogens is 1. The molecule has 2 aromatic heterocycles. The maximum Gasteiger partial charge on any atom is 0.260 e. The van der Waals surface area contributed by atoms with Gasteiger partial charge in [0.05, 0.1) is 19.0 Å². The van der Waals surface area contributed by atoms with E-state index in [9.17, 15) is 4.79 Å². The Morgan fingerprint density at radius 1 is 1.36 bits per heavy atom. The van der Waals surface area contributed by atoms with Gasteiger partial charge < -0.3 is 15.0 Å². The molecule has 132 valence electrons. The molecule has 6 heteroatoms. The van der Waals surface area contributed by atoms with Crippen LogP contribution in [-0.4, -0.2) is 23.6 Å². The third kappa shape index (κ3) is 4.08. The quantitative estimate of drug-likeness (QED) is 0.631. The normalized spacial score (nSPS) is 11.4. The molecule has 1 aromatic carbocycles. The van der Waals surface area contributed by atoms with Crippen molar-refractivity contribution in [2.75, 3.05) is 13.7 Å². The van der Waals surface area contributed by atoms with Gasteiger partial charge in [0.15, 0.2) is 0 Å². The maximum absolute atomic E-state index is 12.6. The van der Waals surface area contributed by atoms with E-state index < -0.39 is 0 Å². The van der Waals surface area contributed by atoms with Gasteiger partial charge in [-0.15, -0.1) is 11.3 Å². The molecule has 3 aromatic rings. The molecule has 25 heavy (non-hydrogen) atoms. The van der Waals surface area contributed by atoms with Gasteiger partial charge in [0.25, 0.3) is 5.56 Å². The second kappa shape index (κ2) is 7.80. The first-order valence-electron chi connectivity index (χ1n) is 8.44. The summed E-state index contributed by atoms with van der Waals surface area (Å²) in [5.74, 6) is 2.11. The summed E-state index contributed by atoms with van der Waals surface area (Å²) >= 11 is 1.49. The number of nitrogens with zero attached hydrogens (tertiary/aromatic N) is 1. The number of aromatic nitrogens is 2. The Kier molecular flexibility index (Phi) is 5.50. The van der Waals surface area contributed by atoms with Crippen molar-refractivity contribution in [3.63, 3.8) is 0 Å². The standard InChI is InChI=1S/C19H23N3O2S/c1-12(2)7-8-20-10-16-21-18(23)17-15(11-25-19(17)22-16)13-5-4-6-14(9-13)24-3/h4-6,9,11-12,20H,7-8,10H2,1-3H3,(H,21,22,23). The largest absolute Gasteiger partial charge is 0.497 e. The minimum absolute atomic E-state index is 0.0928. The van der Waals surface area contributed by atoms with Gasteiger partial charge in [0.1, 0.15) is 16.4 Å². The molecule has 5 nitrogen and oxygen atoms in total. The molecule has 0 saturated carbocycles. The Balaban J connectivity index is 1.87. The van der Waals surface area contributed by atoms with Crippen LogP contribution in [0.2, 0.25) is 0 Å². The van der Waals surface area contributed by atoms with Crippen LogP contribution in [0.3, 0.4) is 0 Å². The molecular weight excluding hydrogens is 334 g/mol. The van der Waals surface area contributed by atoms with Crippen molar-refractivity contribution in [2.24, 2.45) is 5.92 Å². The topological polar surface area (TPSA) is 67.0 Å². The second-order valence-corrected chi connectivity index (χ2v) is 7.29. The van der Waals surface area contributed by atoms with Gasteiger partial charge in [-0.2, -0.15) is 0 Å². The highest BCUT2D eigenvalue weighted by Crippen LogP contribution is 2.32. The van der Waals surface area contributed by atoms with E-state index in [1.807, 2.05) is 29.6 Å². The molecule has 0 spiro atoms. The number of hydrogen-bond donors (Lipinski definition) is 2. The Bertz CT molecular complexity index is 914. The average Bonchev–Trinajstić information content (AvgIpc) is 3.03. The number of rotatable bonds is 7. The van der Waals surface area contributed by atoms with Crippen molar-refractivity contribution < 1.29 is 4.74 Å². The number of thiophene rings is 1. The molecule has 2 heterocycles. The van der Waals surface area contributed by atoms with E-state index in [0.717, 1.165) is 34.7 Å². The SMILES string of the molecule is COc1cccc(-c2csc3nc(CNCCC(C)C)[nH]c(=O)c23)c1. The molecule has 0 amide bonds. The van der Waals surface area contributed by atoms with Crippen LogP contribution < -0.4 is 15.6 Å². The molecule has 3 rings (SSSR count). The van der Waals surface area contributed by atoms with Gasteiger partial charge in [0, 0.05) is 10.9 Å². The predicted octanol–water partition coefficient (Wildman–Crippen LogP) is 3.80. The minimum atomic E-state index is -0.0928. The zero-order valence-corrected chi connectivity index (χ0v) is 15.6. The third-order valence-electron chi connectivity index (χ3n) is 4.06. The summed E-state index contributed by atoms with van der Waals surface area (Å²) in [6.45, 7) is 5.88. The Hall–Kier alpha value is -2.18. The smallest absolute Gasteiger partial charge is 0.260 e. The molecule has 0 bridgehead atoms. The van der Waals surface area contributed by atoms with Crippen LogP contribution in [0.1, 0.15) is 26.1 Å². The van der Waals surface area contributed by atoms with E-state index in [4.69, 9.17) is 4.74 Å². The van der Waals surface area contributed by atoms with E-state index in [0.29, 0.717) is 23.7 Å². The first-order valence-corrected chi connectivity index (χ1v) is 9.32. The highest BCUT2D eigenvalue weighted by molar-refractivity contribution is 7.17. The summed E-state index contributed by atoms with van der Waals surface area (Å²) in [5.41, 5.74) is 1.76. The Labute approximate surface area is 151 Å². The molecule has 0 fully saturated rings. The van der Waals surface area contributed by atoms with Crippen LogP contribution in [0.4, 0.5) is 0 Å². The molecule has 0 atom stereocenters. The van der Waals surface area contributed by atoms with Gasteiger partial charge in [-0.05, 0) is 36.6 Å². The van der Waals surface area contributed by atoms with Gasteiger partial charge in [-0.1, -0.05) is 26.0 Å². The van der Waals surface area contributed by atoms with Crippen molar-refractivity contribution in [1.82, 2.24) is 15.3 Å². The number of methoxy groups -OCH3 is 1. The Morgan fingerprint density at radius 2 is 2.20 bits per heavy atom. The van der Waals surface area contributed by atoms with Crippen molar-refractivity contribution in [3.05, 3.63) is 45.8 Å². The summed E-state index contributed by atoms with van der Waals surface area (Å²) in [5, 5.41) is 5.96. The Morgan fingerprint density at radius 3 is 2.96 bits per heavy atom. The van der Waals surface area contributed by atoms with Crippen molar-refractivity contribution in [3.8, 4) is 16.9 Å². The van der Waals surface area contributed by atoms with Gasteiger partial charge in [-0.25, -0.2) is 4.98 Å². The van der Waals surface area contributed by atoms with Crippen LogP contribution in [0.5, 0.6) is 5.75 Å². The van der Waals surface area contributed by atoms with Crippen LogP contribution in [0.25, 0.3) is 21.3 Å². The fraction of sp³-hybridized carbons (Fsp3) is 0.368. The van der Waals surface area contributed by atoms with E-state index in [-0.39, 0.29) is 5.56 Å². The van der Waals surface area contributed by atoms with Crippen LogP contribution >= 0.6 is 11.3 Å². The van der Waals surface area contributed by atoms with Crippen LogP contribution in [0.15, 0.2) is 34.4 Å². The van der Waals surface area contributed by atoms with Crippen molar-refractivity contribution >= 4 is 21.6 Å². The number of nitrogens with one attached hydrogen (secondary N) is 2. The lowest BCUT2D eigenvalue weighted by atomic mass is 10.1. The van der Waals surface area contributed by atoms with Gasteiger partial charge in [-0.3, -0.25) is 4.79 Å². The summed E-state index contributed by atoms with van der Waals surface area (Å²) in [7, 11) is 1.64. The number of hydrogen-bond acceptors (Lipinski definition) is 5. The molecule has 0 saturated heterocycles. The maximum atomic E-state index is 12.6. The molecule has 0 aliphatic heterocycles. The fourth-order valence-electron chi connectivity index (χ4n) is 2.68. The lowest BCUT2D eigenvalue weighted by molar-refractivity contribution is 0.415. The second-order valence-electron chi connectivity index (χ2n) is 6.43. The van der Waals surface area contributed by atoms with E-state index in [1.54, 1.807) is 7.11 Å². The van der Waals surface area contributed by atoms with E-state index in [2.05, 4.69) is 29.1 Å². The van der Waals surface area contributed by atoms with E-state index >= 15 is 0 Å². The minimum Gasteiger partial charge on any atom is -0.497 e. The number of fused-ring (bicyclic) bond motifs is 1. The number of benzene rings is 1. The van der Waals surface area contributed by atoms with E-state index in [1.165, 1.54) is 11.3 Å². The first kappa shape index (κ1) is 17.6. The molecule has 0 radical (unpaired) electrons. The molecule has 0 aliphatic rings. The highest BCUT2D eigenvalue weighted by Gasteiger charge is 2.13. The van der Waals surface area contributed by atoms with Crippen LogP contribution in [-0.2, 0) is 6.54 Å². The highest BCUT2D eigenvalue weighted by atomic mass is 32.1. The fourth-order valence-corrected chi connectivity index (χ4v) is 3.64. The summed E-state index contributed by atoms with van der Waals surface area (Å²) in [6, 6.07) is 7.72. The first-order chi connectivity index (χ1) is 12.1. The third-order valence-corrected chi connectivity index (χ3v) is 4.94. The van der Waals surface area contributed by atoms with Crippen molar-refractivity contribution in [1.29, 1.82) is 0 Å². The monoisotopic (exact) mass is 357 g/mol. The molecule has 2 N–H and O–H groups in total.